The molecule has 1 aromatic carbocycles. The fourth-order valence-electron chi connectivity index (χ4n) is 3.26. The van der Waals surface area contributed by atoms with Gasteiger partial charge in [-0.2, -0.15) is 0 Å². The van der Waals surface area contributed by atoms with Crippen molar-refractivity contribution >= 4 is 34.8 Å². The molecule has 2 unspecified atom stereocenters. The third-order valence-corrected chi connectivity index (χ3v) is 5.43. The van der Waals surface area contributed by atoms with Crippen LogP contribution in [0.25, 0.3) is 0 Å². The molecule has 2 saturated heterocycles. The highest BCUT2D eigenvalue weighted by Crippen LogP contribution is 2.31. The van der Waals surface area contributed by atoms with E-state index in [0.717, 1.165) is 38.0 Å². The maximum Gasteiger partial charge on any atom is 0.226 e. The lowest BCUT2D eigenvalue weighted by molar-refractivity contribution is -0.164. The van der Waals surface area contributed by atoms with Crippen LogP contribution in [0.5, 0.6) is 0 Å². The van der Waals surface area contributed by atoms with Gasteiger partial charge in [-0.05, 0) is 56.2 Å². The molecule has 0 radical (unpaired) electrons. The maximum absolute atomic E-state index is 12.3. The summed E-state index contributed by atoms with van der Waals surface area (Å²) in [5.41, 5.74) is 0.815. The van der Waals surface area contributed by atoms with E-state index in [0.29, 0.717) is 35.5 Å². The summed E-state index contributed by atoms with van der Waals surface area (Å²) in [5, 5.41) is 0.976. The number of ether oxygens (including phenoxy) is 2. The summed E-state index contributed by atoms with van der Waals surface area (Å²) in [4.78, 5) is 14.1. The largest absolute Gasteiger partial charge is 0.353 e. The smallest absolute Gasteiger partial charge is 0.226 e. The van der Waals surface area contributed by atoms with E-state index in [1.807, 2.05) is 11.0 Å². The minimum absolute atomic E-state index is 0.0462. The molecule has 0 spiro atoms. The van der Waals surface area contributed by atoms with Gasteiger partial charge in [0, 0.05) is 25.3 Å². The van der Waals surface area contributed by atoms with E-state index < -0.39 is 0 Å². The van der Waals surface area contributed by atoms with Crippen LogP contribution >= 0.6 is 23.2 Å². The van der Waals surface area contributed by atoms with Gasteiger partial charge in [0.1, 0.15) is 0 Å². The summed E-state index contributed by atoms with van der Waals surface area (Å²) in [6, 6.07) is 5.34. The zero-order valence-corrected chi connectivity index (χ0v) is 15.2. The molecule has 24 heavy (non-hydrogen) atoms. The monoisotopic (exact) mass is 371 g/mol. The first kappa shape index (κ1) is 18.0. The van der Waals surface area contributed by atoms with Crippen LogP contribution < -0.4 is 4.90 Å². The predicted molar refractivity (Wildman–Crippen MR) is 95.7 cm³/mol. The van der Waals surface area contributed by atoms with Crippen LogP contribution in [0.15, 0.2) is 18.2 Å². The minimum Gasteiger partial charge on any atom is -0.353 e. The van der Waals surface area contributed by atoms with Crippen LogP contribution in [-0.4, -0.2) is 32.0 Å². The van der Waals surface area contributed by atoms with Crippen LogP contribution in [0.2, 0.25) is 10.0 Å². The molecule has 1 aromatic rings. The first-order valence-electron chi connectivity index (χ1n) is 8.62. The molecule has 0 saturated carbocycles. The van der Waals surface area contributed by atoms with E-state index in [-0.39, 0.29) is 12.2 Å². The molecular weight excluding hydrogens is 349 g/mol. The topological polar surface area (TPSA) is 38.8 Å². The molecule has 2 heterocycles. The molecule has 0 bridgehead atoms. The Morgan fingerprint density at radius 3 is 2.83 bits per heavy atom. The molecule has 2 aliphatic rings. The van der Waals surface area contributed by atoms with Gasteiger partial charge in [-0.15, -0.1) is 0 Å². The zero-order chi connectivity index (χ0) is 16.9. The number of halogens is 2. The molecule has 4 nitrogen and oxygen atoms in total. The van der Waals surface area contributed by atoms with Crippen LogP contribution in [0, 0.1) is 5.92 Å². The molecule has 2 fully saturated rings. The third-order valence-electron chi connectivity index (χ3n) is 4.69. The van der Waals surface area contributed by atoms with Gasteiger partial charge in [0.25, 0.3) is 0 Å². The number of amides is 1. The van der Waals surface area contributed by atoms with Crippen molar-refractivity contribution in [3.05, 3.63) is 28.2 Å². The van der Waals surface area contributed by atoms with Gasteiger partial charge in [-0.3, -0.25) is 4.79 Å². The minimum atomic E-state index is -0.0462. The van der Waals surface area contributed by atoms with Gasteiger partial charge in [-0.1, -0.05) is 23.2 Å². The number of nitrogens with zero attached hydrogens (tertiary/aromatic N) is 1. The number of benzene rings is 1. The Morgan fingerprint density at radius 2 is 2.08 bits per heavy atom. The molecular formula is C18H23Cl2NO3. The van der Waals surface area contributed by atoms with E-state index in [1.54, 1.807) is 12.1 Å². The van der Waals surface area contributed by atoms with E-state index in [2.05, 4.69) is 0 Å². The Balaban J connectivity index is 1.52. The molecule has 2 atom stereocenters. The third kappa shape index (κ3) is 4.63. The zero-order valence-electron chi connectivity index (χ0n) is 13.7. The Hall–Kier alpha value is -0.810. The van der Waals surface area contributed by atoms with Gasteiger partial charge in [0.05, 0.1) is 16.7 Å². The fourth-order valence-corrected chi connectivity index (χ4v) is 3.55. The Labute approximate surface area is 153 Å². The fraction of sp³-hybridized carbons (Fsp3) is 0.611. The summed E-state index contributed by atoms with van der Waals surface area (Å²) in [6.45, 7) is 2.18. The first-order valence-corrected chi connectivity index (χ1v) is 9.37. The summed E-state index contributed by atoms with van der Waals surface area (Å²) in [7, 11) is 0. The van der Waals surface area contributed by atoms with Crippen molar-refractivity contribution in [2.24, 2.45) is 5.92 Å². The van der Waals surface area contributed by atoms with Gasteiger partial charge in [-0.25, -0.2) is 0 Å². The van der Waals surface area contributed by atoms with Crippen molar-refractivity contribution in [1.29, 1.82) is 0 Å². The first-order chi connectivity index (χ1) is 11.6. The van der Waals surface area contributed by atoms with Crippen LogP contribution in [0.3, 0.4) is 0 Å². The molecule has 0 aromatic heterocycles. The van der Waals surface area contributed by atoms with Crippen molar-refractivity contribution in [1.82, 2.24) is 0 Å². The van der Waals surface area contributed by atoms with E-state index in [1.165, 1.54) is 6.42 Å². The van der Waals surface area contributed by atoms with Crippen molar-refractivity contribution in [3.63, 3.8) is 0 Å². The number of piperidine rings is 1. The van der Waals surface area contributed by atoms with Crippen molar-refractivity contribution in [2.45, 2.75) is 44.8 Å². The molecule has 6 heteroatoms. The van der Waals surface area contributed by atoms with Gasteiger partial charge in [0.15, 0.2) is 6.29 Å². The van der Waals surface area contributed by atoms with Crippen LogP contribution in [0.1, 0.15) is 38.5 Å². The summed E-state index contributed by atoms with van der Waals surface area (Å²) in [5.74, 6) is 0.571. The van der Waals surface area contributed by atoms with E-state index in [9.17, 15) is 4.79 Å². The average molecular weight is 372 g/mol. The maximum atomic E-state index is 12.3. The second-order valence-corrected chi connectivity index (χ2v) is 7.28. The van der Waals surface area contributed by atoms with E-state index >= 15 is 0 Å². The lowest BCUT2D eigenvalue weighted by atomic mass is 9.94. The molecule has 2 aliphatic heterocycles. The van der Waals surface area contributed by atoms with Crippen molar-refractivity contribution < 1.29 is 14.3 Å². The highest BCUT2D eigenvalue weighted by molar-refractivity contribution is 6.42. The quantitative estimate of drug-likeness (QED) is 0.754. The SMILES string of the molecule is O=C1CCC(CCOC2CCCCO2)CN1c1ccc(Cl)c(Cl)c1. The number of carbonyl (C=O) groups excluding carboxylic acids is 1. The van der Waals surface area contributed by atoms with Gasteiger partial charge >= 0.3 is 0 Å². The van der Waals surface area contributed by atoms with Crippen LogP contribution in [0.4, 0.5) is 5.69 Å². The Kier molecular flexibility index (Phi) is 6.39. The standard InChI is InChI=1S/C18H23Cl2NO3/c19-15-6-5-14(11-16(15)20)21-12-13(4-7-17(21)22)8-10-24-18-3-1-2-9-23-18/h5-6,11,13,18H,1-4,7-10,12H2. The summed E-state index contributed by atoms with van der Waals surface area (Å²) in [6.07, 6.45) is 5.65. The number of anilines is 1. The van der Waals surface area contributed by atoms with Crippen molar-refractivity contribution in [2.75, 3.05) is 24.7 Å². The lowest BCUT2D eigenvalue weighted by Gasteiger charge is -2.33. The summed E-state index contributed by atoms with van der Waals surface area (Å²) < 4.78 is 11.4. The number of hydrogen-bond acceptors (Lipinski definition) is 3. The Bertz CT molecular complexity index is 575. The molecule has 3 rings (SSSR count). The van der Waals surface area contributed by atoms with Crippen LogP contribution in [-0.2, 0) is 14.3 Å². The predicted octanol–water partition coefficient (Wildman–Crippen LogP) is 4.67. The second-order valence-electron chi connectivity index (χ2n) is 6.46. The van der Waals surface area contributed by atoms with Gasteiger partial charge in [0.2, 0.25) is 5.91 Å². The molecule has 0 N–H and O–H groups in total. The normalized spacial score (nSPS) is 25.1. The lowest BCUT2D eigenvalue weighted by Crippen LogP contribution is -2.40. The number of rotatable bonds is 5. The second kappa shape index (κ2) is 8.52. The molecule has 0 aliphatic carbocycles. The Morgan fingerprint density at radius 1 is 1.21 bits per heavy atom. The van der Waals surface area contributed by atoms with E-state index in [4.69, 9.17) is 32.7 Å². The van der Waals surface area contributed by atoms with Gasteiger partial charge < -0.3 is 14.4 Å². The highest BCUT2D eigenvalue weighted by Gasteiger charge is 2.27. The molecule has 132 valence electrons. The number of carbonyl (C=O) groups is 1. The highest BCUT2D eigenvalue weighted by atomic mass is 35.5. The average Bonchev–Trinajstić information content (AvgIpc) is 2.60. The number of hydrogen-bond donors (Lipinski definition) is 0. The molecule has 1 amide bonds. The van der Waals surface area contributed by atoms with Crippen molar-refractivity contribution in [3.8, 4) is 0 Å². The summed E-state index contributed by atoms with van der Waals surface area (Å²) >= 11 is 12.0.